The van der Waals surface area contributed by atoms with Crippen LogP contribution >= 0.6 is 0 Å². The Morgan fingerprint density at radius 2 is 1.88 bits per heavy atom. The first-order valence-corrected chi connectivity index (χ1v) is 11.2. The van der Waals surface area contributed by atoms with Crippen molar-refractivity contribution in [2.24, 2.45) is 5.73 Å². The number of aryl methyl sites for hydroxylation is 1. The number of hydrogen-bond acceptors (Lipinski definition) is 6. The van der Waals surface area contributed by atoms with Gasteiger partial charge in [-0.1, -0.05) is 6.07 Å². The highest BCUT2D eigenvalue weighted by molar-refractivity contribution is 5.86. The Morgan fingerprint density at radius 1 is 1.09 bits per heavy atom. The number of aromatic nitrogens is 4. The van der Waals surface area contributed by atoms with Crippen LogP contribution in [0.4, 0.5) is 14.6 Å². The van der Waals surface area contributed by atoms with E-state index >= 15 is 4.39 Å². The third-order valence-corrected chi connectivity index (χ3v) is 6.29. The van der Waals surface area contributed by atoms with Crippen LogP contribution in [-0.4, -0.2) is 38.7 Å². The average Bonchev–Trinajstić information content (AvgIpc) is 3.25. The molecule has 2 N–H and O–H groups in total. The van der Waals surface area contributed by atoms with E-state index in [-0.39, 0.29) is 22.9 Å². The van der Waals surface area contributed by atoms with Crippen molar-refractivity contribution in [3.8, 4) is 28.6 Å². The molecule has 0 saturated carbocycles. The van der Waals surface area contributed by atoms with E-state index in [1.807, 2.05) is 17.6 Å². The Hall–Kier alpha value is -3.90. The van der Waals surface area contributed by atoms with Gasteiger partial charge in [0, 0.05) is 42.9 Å². The summed E-state index contributed by atoms with van der Waals surface area (Å²) in [5.41, 5.74) is 8.54. The van der Waals surface area contributed by atoms with E-state index in [1.165, 1.54) is 18.2 Å². The number of benzene rings is 2. The highest BCUT2D eigenvalue weighted by atomic mass is 19.1. The van der Waals surface area contributed by atoms with Gasteiger partial charge < -0.3 is 15.2 Å². The fourth-order valence-corrected chi connectivity index (χ4v) is 4.32. The molecule has 1 fully saturated rings. The third kappa shape index (κ3) is 3.86. The molecular formula is C25H23F2N7. The van der Waals surface area contributed by atoms with Crippen LogP contribution in [-0.2, 0) is 6.54 Å². The lowest BCUT2D eigenvalue weighted by Gasteiger charge is -2.31. The molecule has 34 heavy (non-hydrogen) atoms. The summed E-state index contributed by atoms with van der Waals surface area (Å²) in [5.74, 6) is -0.518. The van der Waals surface area contributed by atoms with E-state index < -0.39 is 11.6 Å². The molecule has 0 bridgehead atoms. The smallest absolute Gasteiger partial charge is 0.147 e. The average molecular weight is 460 g/mol. The van der Waals surface area contributed by atoms with Gasteiger partial charge in [0.25, 0.3) is 0 Å². The Morgan fingerprint density at radius 3 is 2.59 bits per heavy atom. The second kappa shape index (κ2) is 8.80. The summed E-state index contributed by atoms with van der Waals surface area (Å²) >= 11 is 0. The lowest BCUT2D eigenvalue weighted by Crippen LogP contribution is -2.40. The van der Waals surface area contributed by atoms with Crippen LogP contribution in [0.3, 0.4) is 0 Å². The molecule has 1 saturated heterocycles. The van der Waals surface area contributed by atoms with Crippen molar-refractivity contribution in [3.05, 3.63) is 60.1 Å². The van der Waals surface area contributed by atoms with E-state index in [4.69, 9.17) is 16.0 Å². The quantitative estimate of drug-likeness (QED) is 0.490. The number of anilines is 1. The number of nitrogens with two attached hydrogens (primary N) is 1. The largest absolute Gasteiger partial charge is 0.355 e. The normalized spacial score (nSPS) is 14.5. The lowest BCUT2D eigenvalue weighted by molar-refractivity contribution is 0.498. The van der Waals surface area contributed by atoms with Gasteiger partial charge in [0.2, 0.25) is 0 Å². The fraction of sp³-hybridized carbons (Fsp3) is 0.280. The van der Waals surface area contributed by atoms with E-state index in [0.29, 0.717) is 34.7 Å². The zero-order chi connectivity index (χ0) is 23.8. The number of rotatable bonds is 4. The molecule has 0 amide bonds. The summed E-state index contributed by atoms with van der Waals surface area (Å²) in [6.07, 6.45) is 4.94. The summed E-state index contributed by atoms with van der Waals surface area (Å²) in [6, 6.07) is 9.29. The van der Waals surface area contributed by atoms with E-state index in [0.717, 1.165) is 25.9 Å². The van der Waals surface area contributed by atoms with Gasteiger partial charge in [0.1, 0.15) is 23.5 Å². The number of fused-ring (bicyclic) bond motifs is 1. The van der Waals surface area contributed by atoms with Crippen molar-refractivity contribution in [1.29, 1.82) is 5.26 Å². The first-order chi connectivity index (χ1) is 16.5. The number of hydrogen-bond donors (Lipinski definition) is 1. The predicted molar refractivity (Wildman–Crippen MR) is 126 cm³/mol. The van der Waals surface area contributed by atoms with Crippen LogP contribution in [0.1, 0.15) is 25.3 Å². The Bertz CT molecular complexity index is 1420. The lowest BCUT2D eigenvalue weighted by atomic mass is 10.0. The van der Waals surface area contributed by atoms with Gasteiger partial charge in [-0.2, -0.15) is 5.26 Å². The fourth-order valence-electron chi connectivity index (χ4n) is 4.32. The molecule has 3 heterocycles. The Kier molecular flexibility index (Phi) is 5.67. The van der Waals surface area contributed by atoms with Crippen LogP contribution in [0, 0.1) is 23.0 Å². The van der Waals surface area contributed by atoms with Crippen molar-refractivity contribution in [3.63, 3.8) is 0 Å². The van der Waals surface area contributed by atoms with Crippen molar-refractivity contribution in [2.75, 3.05) is 18.0 Å². The van der Waals surface area contributed by atoms with Crippen LogP contribution < -0.4 is 10.6 Å². The molecule has 0 radical (unpaired) electrons. The minimum Gasteiger partial charge on any atom is -0.355 e. The zero-order valence-electron chi connectivity index (χ0n) is 18.7. The molecule has 1 aliphatic rings. The standard InChI is InChI=1S/C25H23F2N7/c1-2-33-14-31-21-10-18(20(27)11-22(21)33)25-24(15-3-4-16(12-28)19(26)9-15)32-23(13-30-25)34-7-5-17(29)6-8-34/h3-4,9-11,13-14,17H,2,5-8,29H2,1H3. The molecule has 9 heteroatoms. The second-order valence-corrected chi connectivity index (χ2v) is 8.41. The molecule has 7 nitrogen and oxygen atoms in total. The van der Waals surface area contributed by atoms with E-state index in [1.54, 1.807) is 24.7 Å². The van der Waals surface area contributed by atoms with Gasteiger partial charge in [-0.15, -0.1) is 0 Å². The van der Waals surface area contributed by atoms with Crippen molar-refractivity contribution < 1.29 is 8.78 Å². The molecule has 0 atom stereocenters. The highest BCUT2D eigenvalue weighted by Crippen LogP contribution is 2.35. The number of nitrogens with zero attached hydrogens (tertiary/aromatic N) is 6. The van der Waals surface area contributed by atoms with Gasteiger partial charge in [-0.25, -0.2) is 23.7 Å². The summed E-state index contributed by atoms with van der Waals surface area (Å²) in [4.78, 5) is 15.8. The van der Waals surface area contributed by atoms with Gasteiger partial charge in [0.15, 0.2) is 0 Å². The van der Waals surface area contributed by atoms with Crippen LogP contribution in [0.5, 0.6) is 0 Å². The molecular weight excluding hydrogens is 436 g/mol. The molecule has 2 aromatic carbocycles. The SMILES string of the molecule is CCn1cnc2cc(-c3ncc(N4CCC(N)CC4)nc3-c3ccc(C#N)c(F)c3)c(F)cc21. The van der Waals surface area contributed by atoms with Crippen molar-refractivity contribution in [1.82, 2.24) is 19.5 Å². The Balaban J connectivity index is 1.68. The maximum atomic E-state index is 15.3. The molecule has 1 aliphatic heterocycles. The molecule has 5 rings (SSSR count). The molecule has 4 aromatic rings. The molecule has 0 aliphatic carbocycles. The monoisotopic (exact) mass is 459 g/mol. The zero-order valence-corrected chi connectivity index (χ0v) is 18.7. The minimum atomic E-state index is -0.667. The van der Waals surface area contributed by atoms with Gasteiger partial charge in [-0.05, 0) is 38.0 Å². The van der Waals surface area contributed by atoms with Crippen molar-refractivity contribution >= 4 is 16.9 Å². The van der Waals surface area contributed by atoms with Crippen LogP contribution in [0.15, 0.2) is 42.9 Å². The number of imidazole rings is 1. The van der Waals surface area contributed by atoms with Gasteiger partial charge >= 0.3 is 0 Å². The van der Waals surface area contributed by atoms with Gasteiger partial charge in [-0.3, -0.25) is 0 Å². The van der Waals surface area contributed by atoms with E-state index in [9.17, 15) is 4.39 Å². The maximum Gasteiger partial charge on any atom is 0.147 e. The Labute approximate surface area is 195 Å². The molecule has 172 valence electrons. The minimum absolute atomic E-state index is 0.0721. The number of halogens is 2. The van der Waals surface area contributed by atoms with E-state index in [2.05, 4.69) is 14.9 Å². The maximum absolute atomic E-state index is 15.3. The van der Waals surface area contributed by atoms with Gasteiger partial charge in [0.05, 0.1) is 40.5 Å². The molecule has 0 spiro atoms. The van der Waals surface area contributed by atoms with Crippen LogP contribution in [0.2, 0.25) is 0 Å². The first-order valence-electron chi connectivity index (χ1n) is 11.2. The topological polar surface area (TPSA) is 96.7 Å². The predicted octanol–water partition coefficient (Wildman–Crippen LogP) is 4.26. The van der Waals surface area contributed by atoms with Crippen LogP contribution in [0.25, 0.3) is 33.5 Å². The van der Waals surface area contributed by atoms with Crippen molar-refractivity contribution in [2.45, 2.75) is 32.4 Å². The summed E-state index contributed by atoms with van der Waals surface area (Å²) < 4.78 is 31.7. The third-order valence-electron chi connectivity index (χ3n) is 6.29. The first kappa shape index (κ1) is 21.9. The number of piperidine rings is 1. The number of nitriles is 1. The summed E-state index contributed by atoms with van der Waals surface area (Å²) in [6.45, 7) is 4.08. The second-order valence-electron chi connectivity index (χ2n) is 8.41. The summed E-state index contributed by atoms with van der Waals surface area (Å²) in [5, 5.41) is 9.11. The molecule has 2 aromatic heterocycles. The summed E-state index contributed by atoms with van der Waals surface area (Å²) in [7, 11) is 0. The molecule has 0 unspecified atom stereocenters. The highest BCUT2D eigenvalue weighted by Gasteiger charge is 2.22.